The summed E-state index contributed by atoms with van der Waals surface area (Å²) in [6.07, 6.45) is 0.604. The minimum Gasteiger partial charge on any atom is -0.508 e. The molecule has 0 heterocycles. The zero-order valence-electron chi connectivity index (χ0n) is 25.8. The van der Waals surface area contributed by atoms with Crippen LogP contribution < -0.4 is 25.5 Å². The number of rotatable bonds is 16. The summed E-state index contributed by atoms with van der Waals surface area (Å²) in [5, 5.41) is 17.2. The van der Waals surface area contributed by atoms with E-state index < -0.39 is 23.9 Å². The predicted octanol–water partition coefficient (Wildman–Crippen LogP) is 3.26. The molecule has 1 atom stereocenters. The van der Waals surface area contributed by atoms with Crippen molar-refractivity contribution in [2.75, 3.05) is 40.4 Å². The van der Waals surface area contributed by atoms with Gasteiger partial charge in [-0.3, -0.25) is 19.9 Å². The molecule has 4 amide bonds. The van der Waals surface area contributed by atoms with Crippen molar-refractivity contribution in [1.82, 2.24) is 26.0 Å². The van der Waals surface area contributed by atoms with Crippen LogP contribution in [0.15, 0.2) is 72.8 Å². The highest BCUT2D eigenvalue weighted by Crippen LogP contribution is 2.17. The van der Waals surface area contributed by atoms with E-state index in [1.807, 2.05) is 50.2 Å². The number of hydrazine groups is 1. The molecular weight excluding hydrogens is 562 g/mol. The number of amides is 4. The molecule has 0 spiro atoms. The lowest BCUT2D eigenvalue weighted by molar-refractivity contribution is -0.138. The Kier molecular flexibility index (Phi) is 13.5. The quantitative estimate of drug-likeness (QED) is 0.183. The van der Waals surface area contributed by atoms with Gasteiger partial charge in [0.15, 0.2) is 0 Å². The summed E-state index contributed by atoms with van der Waals surface area (Å²) in [5.41, 5.74) is 5.59. The van der Waals surface area contributed by atoms with E-state index in [9.17, 15) is 19.5 Å². The van der Waals surface area contributed by atoms with Crippen LogP contribution in [-0.4, -0.2) is 79.3 Å². The largest absolute Gasteiger partial charge is 0.508 e. The number of phenolic OH excluding ortho intramolecular Hbond substituents is 1. The number of nitrogens with zero attached hydrogens (tertiary/aromatic N) is 2. The van der Waals surface area contributed by atoms with Crippen LogP contribution in [0.25, 0.3) is 0 Å². The first kappa shape index (κ1) is 33.9. The van der Waals surface area contributed by atoms with Gasteiger partial charge in [-0.1, -0.05) is 50.2 Å². The Morgan fingerprint density at radius 3 is 1.91 bits per heavy atom. The molecule has 11 heteroatoms. The van der Waals surface area contributed by atoms with Crippen molar-refractivity contribution in [2.24, 2.45) is 0 Å². The Hall–Kier alpha value is -4.61. The number of hydrogen-bond acceptors (Lipinski definition) is 8. The van der Waals surface area contributed by atoms with Gasteiger partial charge in [-0.25, -0.2) is 9.80 Å². The third-order valence-corrected chi connectivity index (χ3v) is 7.03. The first-order chi connectivity index (χ1) is 21.3. The van der Waals surface area contributed by atoms with Crippen molar-refractivity contribution in [3.8, 4) is 17.2 Å². The molecule has 3 rings (SSSR count). The Morgan fingerprint density at radius 1 is 0.795 bits per heavy atom. The molecule has 11 nitrogen and oxygen atoms in total. The van der Waals surface area contributed by atoms with Crippen LogP contribution in [0, 0.1) is 0 Å². The minimum atomic E-state index is -1.15. The van der Waals surface area contributed by atoms with Crippen molar-refractivity contribution in [2.45, 2.75) is 39.3 Å². The van der Waals surface area contributed by atoms with Crippen LogP contribution in [-0.2, 0) is 29.0 Å². The smallest absolute Gasteiger partial charge is 0.325 e. The molecule has 0 saturated heterocycles. The SMILES string of the molecule is CCNN(CC)CC(=O)N(C(=O)NCc1ccc(OC)cc1)C(Cc1ccc(O)cc1)C(=O)NCCc1ccc(OC)cc1. The van der Waals surface area contributed by atoms with Gasteiger partial charge in [0, 0.05) is 32.6 Å². The van der Waals surface area contributed by atoms with E-state index in [0.29, 0.717) is 37.4 Å². The fourth-order valence-corrected chi connectivity index (χ4v) is 4.57. The molecular formula is C33H43N5O6. The molecule has 3 aromatic rings. The number of methoxy groups -OCH3 is 2. The van der Waals surface area contributed by atoms with Crippen LogP contribution in [0.1, 0.15) is 30.5 Å². The Labute approximate surface area is 259 Å². The van der Waals surface area contributed by atoms with E-state index in [2.05, 4.69) is 16.1 Å². The number of carbonyl (C=O) groups is 3. The van der Waals surface area contributed by atoms with E-state index in [-0.39, 0.29) is 25.3 Å². The fraction of sp³-hybridized carbons (Fsp3) is 0.364. The maximum absolute atomic E-state index is 13.8. The number of benzene rings is 3. The zero-order chi connectivity index (χ0) is 31.9. The third kappa shape index (κ3) is 10.3. The van der Waals surface area contributed by atoms with E-state index in [1.54, 1.807) is 43.5 Å². The molecule has 0 bridgehead atoms. The van der Waals surface area contributed by atoms with Gasteiger partial charge in [0.05, 0.1) is 20.8 Å². The summed E-state index contributed by atoms with van der Waals surface area (Å²) in [5.74, 6) is 0.490. The summed E-state index contributed by atoms with van der Waals surface area (Å²) in [7, 11) is 3.17. The van der Waals surface area contributed by atoms with Crippen molar-refractivity contribution in [3.05, 3.63) is 89.5 Å². The number of likely N-dealkylation sites (N-methyl/N-ethyl adjacent to an activating group) is 1. The highest BCUT2D eigenvalue weighted by atomic mass is 16.5. The predicted molar refractivity (Wildman–Crippen MR) is 168 cm³/mol. The number of hydrogen-bond donors (Lipinski definition) is 4. The molecule has 3 aromatic carbocycles. The third-order valence-electron chi connectivity index (χ3n) is 7.03. The van der Waals surface area contributed by atoms with Crippen molar-refractivity contribution in [3.63, 3.8) is 0 Å². The van der Waals surface area contributed by atoms with Gasteiger partial charge in [0.2, 0.25) is 11.8 Å². The molecule has 0 saturated carbocycles. The van der Waals surface area contributed by atoms with Gasteiger partial charge >= 0.3 is 6.03 Å². The summed E-state index contributed by atoms with van der Waals surface area (Å²) in [6.45, 7) is 5.23. The van der Waals surface area contributed by atoms with Gasteiger partial charge in [-0.05, 0) is 59.5 Å². The molecule has 0 aromatic heterocycles. The number of phenols is 1. The number of urea groups is 1. The van der Waals surface area contributed by atoms with Gasteiger partial charge in [0.1, 0.15) is 23.3 Å². The summed E-state index contributed by atoms with van der Waals surface area (Å²) >= 11 is 0. The average molecular weight is 606 g/mol. The molecule has 4 N–H and O–H groups in total. The van der Waals surface area contributed by atoms with Crippen LogP contribution in [0.5, 0.6) is 17.2 Å². The highest BCUT2D eigenvalue weighted by Gasteiger charge is 2.35. The maximum Gasteiger partial charge on any atom is 0.325 e. The second-order valence-electron chi connectivity index (χ2n) is 10.1. The topological polar surface area (TPSA) is 132 Å². The number of imide groups is 1. The lowest BCUT2D eigenvalue weighted by Gasteiger charge is -2.31. The first-order valence-electron chi connectivity index (χ1n) is 14.7. The van der Waals surface area contributed by atoms with Crippen LogP contribution in [0.3, 0.4) is 0 Å². The average Bonchev–Trinajstić information content (AvgIpc) is 3.04. The Bertz CT molecular complexity index is 1330. The lowest BCUT2D eigenvalue weighted by atomic mass is 10.0. The Morgan fingerprint density at radius 2 is 1.36 bits per heavy atom. The molecule has 1 unspecified atom stereocenters. The molecule has 0 aliphatic carbocycles. The molecule has 44 heavy (non-hydrogen) atoms. The highest BCUT2D eigenvalue weighted by molar-refractivity contribution is 6.00. The fourth-order valence-electron chi connectivity index (χ4n) is 4.57. The van der Waals surface area contributed by atoms with Gasteiger partial charge in [-0.2, -0.15) is 0 Å². The minimum absolute atomic E-state index is 0.0592. The van der Waals surface area contributed by atoms with E-state index in [4.69, 9.17) is 9.47 Å². The molecule has 0 aliphatic heterocycles. The lowest BCUT2D eigenvalue weighted by Crippen LogP contribution is -2.59. The van der Waals surface area contributed by atoms with E-state index >= 15 is 0 Å². The Balaban J connectivity index is 1.87. The molecule has 0 radical (unpaired) electrons. The maximum atomic E-state index is 13.8. The number of carbonyl (C=O) groups excluding carboxylic acids is 3. The summed E-state index contributed by atoms with van der Waals surface area (Å²) in [6, 6.07) is 19.2. The number of aromatic hydroxyl groups is 1. The van der Waals surface area contributed by atoms with Gasteiger partial charge in [0.25, 0.3) is 0 Å². The number of nitrogens with one attached hydrogen (secondary N) is 3. The molecule has 236 valence electrons. The van der Waals surface area contributed by atoms with E-state index in [1.165, 1.54) is 12.1 Å². The normalized spacial score (nSPS) is 11.5. The number of ether oxygens (including phenoxy) is 2. The second kappa shape index (κ2) is 17.5. The van der Waals surface area contributed by atoms with Crippen LogP contribution >= 0.6 is 0 Å². The van der Waals surface area contributed by atoms with Gasteiger partial charge in [-0.15, -0.1) is 0 Å². The van der Waals surface area contributed by atoms with Gasteiger partial charge < -0.3 is 25.2 Å². The van der Waals surface area contributed by atoms with Crippen molar-refractivity contribution < 1.29 is 29.0 Å². The first-order valence-corrected chi connectivity index (χ1v) is 14.7. The van der Waals surface area contributed by atoms with E-state index in [0.717, 1.165) is 21.8 Å². The van der Waals surface area contributed by atoms with Crippen molar-refractivity contribution >= 4 is 17.8 Å². The second-order valence-corrected chi connectivity index (χ2v) is 10.1. The molecule has 0 fully saturated rings. The van der Waals surface area contributed by atoms with Crippen molar-refractivity contribution in [1.29, 1.82) is 0 Å². The van der Waals surface area contributed by atoms with Crippen LogP contribution in [0.2, 0.25) is 0 Å². The monoisotopic (exact) mass is 605 g/mol. The summed E-state index contributed by atoms with van der Waals surface area (Å²) < 4.78 is 10.4. The van der Waals surface area contributed by atoms with Crippen LogP contribution in [0.4, 0.5) is 4.79 Å². The summed E-state index contributed by atoms with van der Waals surface area (Å²) in [4.78, 5) is 42.4. The zero-order valence-corrected chi connectivity index (χ0v) is 25.8. The molecule has 0 aliphatic rings. The standard InChI is InChI=1S/C33H43N5O6/c1-5-36-37(6-2)23-31(40)38(33(42)35-22-26-11-17-29(44-4)18-12-26)30(21-25-7-13-27(39)14-8-25)32(41)34-20-19-24-9-15-28(43-3)16-10-24/h7-18,30,36,39H,5-6,19-23H2,1-4H3,(H,34,41)(H,35,42).